The molecule has 0 heterocycles. The summed E-state index contributed by atoms with van der Waals surface area (Å²) >= 11 is 0. The fourth-order valence-electron chi connectivity index (χ4n) is 2.59. The Balaban J connectivity index is 1.57. The number of carbonyl (C=O) groups excluding carboxylic acids is 1. The highest BCUT2D eigenvalue weighted by Gasteiger charge is 2.26. The average molecular weight is 324 g/mol. The van der Waals surface area contributed by atoms with Crippen LogP contribution >= 0.6 is 0 Å². The van der Waals surface area contributed by atoms with Gasteiger partial charge in [0.05, 0.1) is 0 Å². The molecule has 0 atom stereocenters. The molecule has 24 heavy (non-hydrogen) atoms. The number of ether oxygens (including phenoxy) is 1. The quantitative estimate of drug-likeness (QED) is 0.767. The molecular formula is C20H24N2O2. The van der Waals surface area contributed by atoms with Crippen molar-refractivity contribution in [3.63, 3.8) is 0 Å². The molecule has 0 aliphatic heterocycles. The molecule has 2 aromatic carbocycles. The lowest BCUT2D eigenvalue weighted by Gasteiger charge is -2.22. The van der Waals surface area contributed by atoms with Crippen LogP contribution in [0.1, 0.15) is 26.2 Å². The third kappa shape index (κ3) is 4.75. The summed E-state index contributed by atoms with van der Waals surface area (Å²) in [5, 5.41) is 2.98. The standard InChI is InChI=1S/C20H24N2O2/c1-2-14-22(15-16-8-9-16)20(23)21-17-10-12-19(13-11-17)24-18-6-4-3-5-7-18/h3-7,10-13,16H,2,8-9,14-15H2,1H3,(H,21,23). The second kappa shape index (κ2) is 7.86. The molecule has 126 valence electrons. The van der Waals surface area contributed by atoms with Gasteiger partial charge < -0.3 is 15.0 Å². The number of nitrogens with zero attached hydrogens (tertiary/aromatic N) is 1. The molecule has 2 amide bonds. The summed E-state index contributed by atoms with van der Waals surface area (Å²) in [5.41, 5.74) is 0.789. The average Bonchev–Trinajstić information content (AvgIpc) is 3.41. The Morgan fingerprint density at radius 3 is 2.38 bits per heavy atom. The Hall–Kier alpha value is -2.49. The maximum Gasteiger partial charge on any atom is 0.321 e. The van der Waals surface area contributed by atoms with E-state index in [1.807, 2.05) is 59.5 Å². The third-order valence-electron chi connectivity index (χ3n) is 4.04. The highest BCUT2D eigenvalue weighted by Crippen LogP contribution is 2.30. The van der Waals surface area contributed by atoms with E-state index in [9.17, 15) is 4.79 Å². The van der Waals surface area contributed by atoms with Gasteiger partial charge in [-0.3, -0.25) is 0 Å². The van der Waals surface area contributed by atoms with E-state index in [-0.39, 0.29) is 6.03 Å². The summed E-state index contributed by atoms with van der Waals surface area (Å²) in [6.07, 6.45) is 3.47. The number of rotatable bonds is 7. The van der Waals surface area contributed by atoms with E-state index in [1.165, 1.54) is 12.8 Å². The summed E-state index contributed by atoms with van der Waals surface area (Å²) in [6.45, 7) is 3.77. The van der Waals surface area contributed by atoms with Crippen LogP contribution in [0.25, 0.3) is 0 Å². The van der Waals surface area contributed by atoms with Crippen molar-refractivity contribution in [2.75, 3.05) is 18.4 Å². The monoisotopic (exact) mass is 324 g/mol. The SMILES string of the molecule is CCCN(CC1CC1)C(=O)Nc1ccc(Oc2ccccc2)cc1. The highest BCUT2D eigenvalue weighted by molar-refractivity contribution is 5.89. The fourth-order valence-corrected chi connectivity index (χ4v) is 2.59. The van der Waals surface area contributed by atoms with E-state index < -0.39 is 0 Å². The van der Waals surface area contributed by atoms with Gasteiger partial charge in [-0.2, -0.15) is 0 Å². The molecule has 1 saturated carbocycles. The first-order valence-electron chi connectivity index (χ1n) is 8.63. The summed E-state index contributed by atoms with van der Waals surface area (Å²) in [6, 6.07) is 17.1. The molecular weight excluding hydrogens is 300 g/mol. The van der Waals surface area contributed by atoms with Crippen LogP contribution in [0, 0.1) is 5.92 Å². The van der Waals surface area contributed by atoms with Crippen LogP contribution in [0.15, 0.2) is 54.6 Å². The van der Waals surface area contributed by atoms with Crippen LogP contribution in [0.4, 0.5) is 10.5 Å². The molecule has 2 aromatic rings. The van der Waals surface area contributed by atoms with Gasteiger partial charge in [-0.15, -0.1) is 0 Å². The molecule has 0 aromatic heterocycles. The molecule has 0 unspecified atom stereocenters. The summed E-state index contributed by atoms with van der Waals surface area (Å²) < 4.78 is 5.76. The Morgan fingerprint density at radius 2 is 1.75 bits per heavy atom. The Labute approximate surface area is 143 Å². The van der Waals surface area contributed by atoms with Gasteiger partial charge in [0.15, 0.2) is 0 Å². The summed E-state index contributed by atoms with van der Waals surface area (Å²) in [4.78, 5) is 14.3. The molecule has 1 aliphatic carbocycles. The number of urea groups is 1. The maximum absolute atomic E-state index is 12.4. The van der Waals surface area contributed by atoms with Crippen LogP contribution in [-0.2, 0) is 0 Å². The van der Waals surface area contributed by atoms with Crippen molar-refractivity contribution < 1.29 is 9.53 Å². The number of hydrogen-bond donors (Lipinski definition) is 1. The lowest BCUT2D eigenvalue weighted by atomic mass is 10.3. The number of carbonyl (C=O) groups is 1. The normalized spacial score (nSPS) is 13.4. The molecule has 0 radical (unpaired) electrons. The van der Waals surface area contributed by atoms with Crippen molar-refractivity contribution in [2.45, 2.75) is 26.2 Å². The van der Waals surface area contributed by atoms with E-state index in [0.29, 0.717) is 5.92 Å². The molecule has 3 rings (SSSR count). The molecule has 0 bridgehead atoms. The van der Waals surface area contributed by atoms with Gasteiger partial charge in [0.25, 0.3) is 0 Å². The van der Waals surface area contributed by atoms with Crippen molar-refractivity contribution in [1.29, 1.82) is 0 Å². The molecule has 1 fully saturated rings. The molecule has 0 spiro atoms. The van der Waals surface area contributed by atoms with E-state index in [2.05, 4.69) is 12.2 Å². The molecule has 4 nitrogen and oxygen atoms in total. The predicted molar refractivity (Wildman–Crippen MR) is 96.6 cm³/mol. The fraction of sp³-hybridized carbons (Fsp3) is 0.350. The van der Waals surface area contributed by atoms with Gasteiger partial charge in [0.1, 0.15) is 11.5 Å². The van der Waals surface area contributed by atoms with Gasteiger partial charge in [-0.1, -0.05) is 25.1 Å². The smallest absolute Gasteiger partial charge is 0.321 e. The minimum Gasteiger partial charge on any atom is -0.457 e. The number of hydrogen-bond acceptors (Lipinski definition) is 2. The minimum absolute atomic E-state index is 0.0134. The predicted octanol–water partition coefficient (Wildman–Crippen LogP) is 5.13. The second-order valence-corrected chi connectivity index (χ2v) is 6.26. The van der Waals surface area contributed by atoms with Gasteiger partial charge in [0, 0.05) is 18.8 Å². The van der Waals surface area contributed by atoms with Gasteiger partial charge in [-0.25, -0.2) is 4.79 Å². The van der Waals surface area contributed by atoms with Crippen molar-refractivity contribution in [2.24, 2.45) is 5.92 Å². The van der Waals surface area contributed by atoms with Gasteiger partial charge in [-0.05, 0) is 61.6 Å². The van der Waals surface area contributed by atoms with E-state index >= 15 is 0 Å². The zero-order valence-electron chi connectivity index (χ0n) is 14.1. The zero-order valence-corrected chi connectivity index (χ0v) is 14.1. The summed E-state index contributed by atoms with van der Waals surface area (Å²) in [5.74, 6) is 2.25. The number of nitrogens with one attached hydrogen (secondary N) is 1. The molecule has 1 aliphatic rings. The van der Waals surface area contributed by atoms with Crippen molar-refractivity contribution >= 4 is 11.7 Å². The van der Waals surface area contributed by atoms with Crippen molar-refractivity contribution in [3.8, 4) is 11.5 Å². The van der Waals surface area contributed by atoms with E-state index in [4.69, 9.17) is 4.74 Å². The van der Waals surface area contributed by atoms with Gasteiger partial charge in [0.2, 0.25) is 0 Å². The van der Waals surface area contributed by atoms with E-state index in [1.54, 1.807) is 0 Å². The largest absolute Gasteiger partial charge is 0.457 e. The number of amides is 2. The van der Waals surface area contributed by atoms with Crippen LogP contribution < -0.4 is 10.1 Å². The van der Waals surface area contributed by atoms with Crippen LogP contribution in [0.5, 0.6) is 11.5 Å². The van der Waals surface area contributed by atoms with Crippen LogP contribution in [0.3, 0.4) is 0 Å². The van der Waals surface area contributed by atoms with Crippen molar-refractivity contribution in [3.05, 3.63) is 54.6 Å². The first-order valence-corrected chi connectivity index (χ1v) is 8.63. The van der Waals surface area contributed by atoms with Crippen molar-refractivity contribution in [1.82, 2.24) is 4.90 Å². The Morgan fingerprint density at radius 1 is 1.08 bits per heavy atom. The number of benzene rings is 2. The van der Waals surface area contributed by atoms with Gasteiger partial charge >= 0.3 is 6.03 Å². The first kappa shape index (κ1) is 16.4. The number of para-hydroxylation sites is 1. The van der Waals surface area contributed by atoms with Crippen LogP contribution in [0.2, 0.25) is 0 Å². The third-order valence-corrected chi connectivity index (χ3v) is 4.04. The number of anilines is 1. The van der Waals surface area contributed by atoms with Crippen LogP contribution in [-0.4, -0.2) is 24.0 Å². The Kier molecular flexibility index (Phi) is 5.36. The van der Waals surface area contributed by atoms with E-state index in [0.717, 1.165) is 36.7 Å². The molecule has 0 saturated heterocycles. The summed E-state index contributed by atoms with van der Waals surface area (Å²) in [7, 11) is 0. The highest BCUT2D eigenvalue weighted by atomic mass is 16.5. The zero-order chi connectivity index (χ0) is 16.8. The lowest BCUT2D eigenvalue weighted by molar-refractivity contribution is 0.209. The lowest BCUT2D eigenvalue weighted by Crippen LogP contribution is -2.37. The Bertz CT molecular complexity index is 651. The second-order valence-electron chi connectivity index (χ2n) is 6.26. The molecule has 1 N–H and O–H groups in total. The molecule has 4 heteroatoms. The minimum atomic E-state index is -0.0134. The maximum atomic E-state index is 12.4. The topological polar surface area (TPSA) is 41.6 Å². The first-order chi connectivity index (χ1) is 11.7.